The summed E-state index contributed by atoms with van der Waals surface area (Å²) in [5, 5.41) is 19.5. The van der Waals surface area contributed by atoms with Gasteiger partial charge < -0.3 is 5.11 Å². The first-order chi connectivity index (χ1) is 11.3. The molecule has 124 valence electrons. The van der Waals surface area contributed by atoms with Crippen molar-refractivity contribution in [3.05, 3.63) is 47.5 Å². The summed E-state index contributed by atoms with van der Waals surface area (Å²) in [4.78, 5) is 13.3. The number of hydrazine groups is 1. The predicted octanol–water partition coefficient (Wildman–Crippen LogP) is 2.03. The monoisotopic (exact) mass is 325 g/mol. The van der Waals surface area contributed by atoms with E-state index in [-0.39, 0.29) is 11.2 Å². The molecule has 0 fully saturated rings. The molecule has 4 N–H and O–H groups in total. The van der Waals surface area contributed by atoms with Gasteiger partial charge in [-0.25, -0.2) is 5.84 Å². The zero-order valence-electron chi connectivity index (χ0n) is 13.7. The van der Waals surface area contributed by atoms with Crippen molar-refractivity contribution in [3.8, 4) is 11.4 Å². The highest BCUT2D eigenvalue weighted by Gasteiger charge is 2.24. The van der Waals surface area contributed by atoms with Crippen LogP contribution in [0, 0.1) is 0 Å². The SMILES string of the molecule is CC(C)(C)c1cc(C(=O)NN)cc(-n2nc3ccccc3n2)c1O. The second-order valence-corrected chi connectivity index (χ2v) is 6.59. The van der Waals surface area contributed by atoms with Crippen molar-refractivity contribution in [2.45, 2.75) is 26.2 Å². The molecule has 1 aromatic heterocycles. The molecule has 0 saturated carbocycles. The number of nitrogens with one attached hydrogen (secondary N) is 1. The largest absolute Gasteiger partial charge is 0.505 e. The van der Waals surface area contributed by atoms with E-state index in [9.17, 15) is 9.90 Å². The Morgan fingerprint density at radius 3 is 2.25 bits per heavy atom. The minimum atomic E-state index is -0.446. The van der Waals surface area contributed by atoms with Crippen LogP contribution in [0.3, 0.4) is 0 Å². The summed E-state index contributed by atoms with van der Waals surface area (Å²) >= 11 is 0. The van der Waals surface area contributed by atoms with Crippen LogP contribution < -0.4 is 11.3 Å². The Morgan fingerprint density at radius 1 is 1.17 bits per heavy atom. The van der Waals surface area contributed by atoms with E-state index in [2.05, 4.69) is 15.6 Å². The molecule has 0 bridgehead atoms. The first-order valence-corrected chi connectivity index (χ1v) is 7.52. The van der Waals surface area contributed by atoms with E-state index in [1.54, 1.807) is 6.07 Å². The number of carbonyl (C=O) groups excluding carboxylic acids is 1. The van der Waals surface area contributed by atoms with E-state index in [0.29, 0.717) is 27.8 Å². The first kappa shape index (κ1) is 15.9. The van der Waals surface area contributed by atoms with Crippen LogP contribution in [0.15, 0.2) is 36.4 Å². The second kappa shape index (κ2) is 5.61. The highest BCUT2D eigenvalue weighted by atomic mass is 16.3. The maximum absolute atomic E-state index is 12.0. The Bertz CT molecular complexity index is 891. The molecule has 0 saturated heterocycles. The van der Waals surface area contributed by atoms with Gasteiger partial charge in [0, 0.05) is 11.1 Å². The normalized spacial score (nSPS) is 11.7. The van der Waals surface area contributed by atoms with Crippen molar-refractivity contribution < 1.29 is 9.90 Å². The van der Waals surface area contributed by atoms with Crippen molar-refractivity contribution in [3.63, 3.8) is 0 Å². The van der Waals surface area contributed by atoms with Gasteiger partial charge in [-0.05, 0) is 29.7 Å². The third kappa shape index (κ3) is 2.69. The Hall–Kier alpha value is -2.93. The predicted molar refractivity (Wildman–Crippen MR) is 90.9 cm³/mol. The Balaban J connectivity index is 2.27. The molecule has 0 spiro atoms. The molecule has 0 aliphatic rings. The first-order valence-electron chi connectivity index (χ1n) is 7.52. The van der Waals surface area contributed by atoms with Crippen molar-refractivity contribution in [1.29, 1.82) is 0 Å². The molecule has 24 heavy (non-hydrogen) atoms. The molecular weight excluding hydrogens is 306 g/mol. The summed E-state index contributed by atoms with van der Waals surface area (Å²) < 4.78 is 0. The van der Waals surface area contributed by atoms with Gasteiger partial charge >= 0.3 is 0 Å². The van der Waals surface area contributed by atoms with Gasteiger partial charge in [0.25, 0.3) is 5.91 Å². The minimum Gasteiger partial charge on any atom is -0.505 e. The lowest BCUT2D eigenvalue weighted by molar-refractivity contribution is 0.0953. The smallest absolute Gasteiger partial charge is 0.265 e. The summed E-state index contributed by atoms with van der Waals surface area (Å²) in [5.41, 5.74) is 4.40. The zero-order chi connectivity index (χ0) is 17.5. The summed E-state index contributed by atoms with van der Waals surface area (Å²) in [6, 6.07) is 10.5. The molecule has 7 nitrogen and oxygen atoms in total. The average Bonchev–Trinajstić information content (AvgIpc) is 2.97. The standard InChI is InChI=1S/C17H19N5O2/c1-17(2,3)11-8-10(16(24)19-18)9-14(15(11)23)22-20-12-6-4-5-7-13(12)21-22/h4-9,23H,18H2,1-3H3,(H,19,24). The van der Waals surface area contributed by atoms with Gasteiger partial charge in [0.2, 0.25) is 0 Å². The molecule has 0 radical (unpaired) electrons. The molecule has 0 aliphatic heterocycles. The molecular formula is C17H19N5O2. The van der Waals surface area contributed by atoms with E-state index in [1.807, 2.05) is 45.0 Å². The Labute approximate surface area is 139 Å². The van der Waals surface area contributed by atoms with Crippen LogP contribution in [-0.2, 0) is 5.41 Å². The van der Waals surface area contributed by atoms with Crippen LogP contribution >= 0.6 is 0 Å². The van der Waals surface area contributed by atoms with Crippen LogP contribution in [0.4, 0.5) is 0 Å². The summed E-state index contributed by atoms with van der Waals surface area (Å²) in [6.45, 7) is 5.84. The number of nitrogens with two attached hydrogens (primary N) is 1. The number of hydrogen-bond donors (Lipinski definition) is 3. The zero-order valence-corrected chi connectivity index (χ0v) is 13.7. The molecule has 0 unspecified atom stereocenters. The number of fused-ring (bicyclic) bond motifs is 1. The third-order valence-corrected chi connectivity index (χ3v) is 3.79. The lowest BCUT2D eigenvalue weighted by Gasteiger charge is -2.22. The number of phenolic OH excluding ortho intramolecular Hbond substituents is 1. The average molecular weight is 325 g/mol. The lowest BCUT2D eigenvalue weighted by Crippen LogP contribution is -2.30. The fourth-order valence-corrected chi connectivity index (χ4v) is 2.53. The minimum absolute atomic E-state index is 0.0383. The van der Waals surface area contributed by atoms with Gasteiger partial charge in [0.05, 0.1) is 0 Å². The topological polar surface area (TPSA) is 106 Å². The van der Waals surface area contributed by atoms with Crippen LogP contribution in [0.1, 0.15) is 36.7 Å². The van der Waals surface area contributed by atoms with Gasteiger partial charge in [0.15, 0.2) is 0 Å². The Kier molecular flexibility index (Phi) is 3.73. The summed E-state index contributed by atoms with van der Waals surface area (Å²) in [7, 11) is 0. The maximum atomic E-state index is 12.0. The van der Waals surface area contributed by atoms with Gasteiger partial charge in [-0.2, -0.15) is 0 Å². The maximum Gasteiger partial charge on any atom is 0.265 e. The molecule has 7 heteroatoms. The van der Waals surface area contributed by atoms with Gasteiger partial charge in [-0.3, -0.25) is 10.2 Å². The molecule has 0 aliphatic carbocycles. The highest BCUT2D eigenvalue weighted by Crippen LogP contribution is 2.36. The quantitative estimate of drug-likeness (QED) is 0.380. The van der Waals surface area contributed by atoms with Gasteiger partial charge in [-0.15, -0.1) is 15.0 Å². The number of aromatic nitrogens is 3. The number of amides is 1. The van der Waals surface area contributed by atoms with Gasteiger partial charge in [-0.1, -0.05) is 32.9 Å². The van der Waals surface area contributed by atoms with Gasteiger partial charge in [0.1, 0.15) is 22.5 Å². The van der Waals surface area contributed by atoms with Crippen LogP contribution in [0.5, 0.6) is 5.75 Å². The number of nitrogens with zero attached hydrogens (tertiary/aromatic N) is 3. The molecule has 3 rings (SSSR count). The molecule has 0 atom stereocenters. The van der Waals surface area contributed by atoms with Crippen molar-refractivity contribution >= 4 is 16.9 Å². The number of phenols is 1. The Morgan fingerprint density at radius 2 is 1.75 bits per heavy atom. The van der Waals surface area contributed by atoms with Crippen LogP contribution in [-0.4, -0.2) is 26.0 Å². The van der Waals surface area contributed by atoms with Crippen molar-refractivity contribution in [2.75, 3.05) is 0 Å². The summed E-state index contributed by atoms with van der Waals surface area (Å²) in [6.07, 6.45) is 0. The van der Waals surface area contributed by atoms with Crippen LogP contribution in [0.25, 0.3) is 16.7 Å². The summed E-state index contributed by atoms with van der Waals surface area (Å²) in [5.74, 6) is 4.84. The number of carbonyl (C=O) groups is 1. The second-order valence-electron chi connectivity index (χ2n) is 6.59. The van der Waals surface area contributed by atoms with Crippen molar-refractivity contribution in [1.82, 2.24) is 20.4 Å². The van der Waals surface area contributed by atoms with E-state index < -0.39 is 5.91 Å². The van der Waals surface area contributed by atoms with Crippen molar-refractivity contribution in [2.24, 2.45) is 5.84 Å². The number of aromatic hydroxyl groups is 1. The number of hydrogen-bond acceptors (Lipinski definition) is 5. The van der Waals surface area contributed by atoms with E-state index >= 15 is 0 Å². The van der Waals surface area contributed by atoms with E-state index in [0.717, 1.165) is 0 Å². The molecule has 1 amide bonds. The molecule has 2 aromatic carbocycles. The van der Waals surface area contributed by atoms with Crippen LogP contribution in [0.2, 0.25) is 0 Å². The number of benzene rings is 2. The fraction of sp³-hybridized carbons (Fsp3) is 0.235. The number of nitrogen functional groups attached to an aromatic ring is 1. The highest BCUT2D eigenvalue weighted by molar-refractivity contribution is 5.95. The third-order valence-electron chi connectivity index (χ3n) is 3.79. The lowest BCUT2D eigenvalue weighted by atomic mass is 9.85. The number of rotatable bonds is 2. The molecule has 3 aromatic rings. The molecule has 1 heterocycles. The van der Waals surface area contributed by atoms with E-state index in [1.165, 1.54) is 10.9 Å². The van der Waals surface area contributed by atoms with E-state index in [4.69, 9.17) is 5.84 Å². The fourth-order valence-electron chi connectivity index (χ4n) is 2.53.